The first-order chi connectivity index (χ1) is 7.54. The monoisotopic (exact) mass is 224 g/mol. The average molecular weight is 224 g/mol. The van der Waals surface area contributed by atoms with Crippen LogP contribution in [0.1, 0.15) is 6.42 Å². The fourth-order valence-corrected chi connectivity index (χ4v) is 1.07. The van der Waals surface area contributed by atoms with Crippen LogP contribution in [0.25, 0.3) is 0 Å². The summed E-state index contributed by atoms with van der Waals surface area (Å²) in [5, 5.41) is 11.3. The third-order valence-electron chi connectivity index (χ3n) is 1.91. The minimum absolute atomic E-state index is 0.00499. The van der Waals surface area contributed by atoms with Gasteiger partial charge in [-0.25, -0.2) is 9.59 Å². The van der Waals surface area contributed by atoms with Crippen molar-refractivity contribution in [2.75, 3.05) is 0 Å². The van der Waals surface area contributed by atoms with Crippen molar-refractivity contribution in [3.05, 3.63) is 36.2 Å². The number of esters is 1. The van der Waals surface area contributed by atoms with E-state index in [1.165, 1.54) is 18.5 Å². The van der Waals surface area contributed by atoms with Gasteiger partial charge in [-0.1, -0.05) is 6.58 Å². The minimum atomic E-state index is -1.08. The number of hydrogen-bond acceptors (Lipinski definition) is 5. The maximum Gasteiger partial charge on any atom is 0.337 e. The molecule has 0 fully saturated rings. The summed E-state index contributed by atoms with van der Waals surface area (Å²) in [4.78, 5) is 22.1. The molecule has 4 N–H and O–H groups in total. The summed E-state index contributed by atoms with van der Waals surface area (Å²) in [5.41, 5.74) is 5.63. The zero-order chi connectivity index (χ0) is 12.1. The van der Waals surface area contributed by atoms with Crippen molar-refractivity contribution in [2.45, 2.75) is 12.6 Å². The minimum Gasteiger partial charge on any atom is -0.478 e. The maximum absolute atomic E-state index is 11.5. The third kappa shape index (κ3) is 2.96. The fourth-order valence-electron chi connectivity index (χ4n) is 1.07. The van der Waals surface area contributed by atoms with E-state index in [2.05, 4.69) is 11.9 Å². The van der Waals surface area contributed by atoms with Crippen molar-refractivity contribution in [1.29, 1.82) is 0 Å². The molecule has 1 rings (SSSR count). The van der Waals surface area contributed by atoms with Crippen molar-refractivity contribution in [3.8, 4) is 0 Å². The molecular weight excluding hydrogens is 212 g/mol. The second-order valence-corrected chi connectivity index (χ2v) is 3.09. The van der Waals surface area contributed by atoms with Gasteiger partial charge in [0.25, 0.3) is 0 Å². The molecule has 0 radical (unpaired) electrons. The van der Waals surface area contributed by atoms with Gasteiger partial charge in [-0.2, -0.15) is 0 Å². The molecule has 1 atom stereocenters. The second kappa shape index (κ2) is 5.13. The number of rotatable bonds is 4. The molecule has 0 aromatic heterocycles. The van der Waals surface area contributed by atoms with Gasteiger partial charge in [0.2, 0.25) is 0 Å². The smallest absolute Gasteiger partial charge is 0.337 e. The molecule has 0 aromatic rings. The number of aliphatic carboxylic acids is 1. The van der Waals surface area contributed by atoms with E-state index in [1.54, 1.807) is 0 Å². The highest BCUT2D eigenvalue weighted by molar-refractivity contribution is 5.94. The summed E-state index contributed by atoms with van der Waals surface area (Å²) in [5.74, 6) is -1.74. The van der Waals surface area contributed by atoms with Gasteiger partial charge in [-0.15, -0.1) is 0 Å². The molecule has 6 nitrogen and oxygen atoms in total. The van der Waals surface area contributed by atoms with Crippen LogP contribution in [-0.4, -0.2) is 23.3 Å². The Hall–Kier alpha value is -2.08. The zero-order valence-electron chi connectivity index (χ0n) is 8.47. The van der Waals surface area contributed by atoms with E-state index in [-0.39, 0.29) is 17.6 Å². The highest BCUT2D eigenvalue weighted by Gasteiger charge is 2.20. The Morgan fingerprint density at radius 2 is 2.19 bits per heavy atom. The molecule has 86 valence electrons. The Morgan fingerprint density at radius 1 is 1.56 bits per heavy atom. The number of dihydropyridines is 1. The molecule has 1 unspecified atom stereocenters. The Balaban J connectivity index is 2.62. The number of carboxylic acid groups (broad SMARTS) is 1. The number of carbonyl (C=O) groups excluding carboxylic acids is 1. The Kier molecular flexibility index (Phi) is 3.84. The first kappa shape index (κ1) is 12.0. The van der Waals surface area contributed by atoms with Gasteiger partial charge in [0.15, 0.2) is 6.23 Å². The van der Waals surface area contributed by atoms with E-state index in [0.717, 1.165) is 0 Å². The maximum atomic E-state index is 11.5. The van der Waals surface area contributed by atoms with E-state index in [1.807, 2.05) is 0 Å². The van der Waals surface area contributed by atoms with Gasteiger partial charge in [0, 0.05) is 18.8 Å². The van der Waals surface area contributed by atoms with Gasteiger partial charge in [0.05, 0.1) is 11.1 Å². The first-order valence-corrected chi connectivity index (χ1v) is 4.51. The van der Waals surface area contributed by atoms with Gasteiger partial charge in [-0.3, -0.25) is 5.73 Å². The van der Waals surface area contributed by atoms with Crippen molar-refractivity contribution in [3.63, 3.8) is 0 Å². The van der Waals surface area contributed by atoms with Crippen LogP contribution < -0.4 is 11.1 Å². The lowest BCUT2D eigenvalue weighted by atomic mass is 10.1. The molecule has 0 saturated carbocycles. The largest absolute Gasteiger partial charge is 0.478 e. The lowest BCUT2D eigenvalue weighted by Gasteiger charge is -2.14. The van der Waals surface area contributed by atoms with E-state index >= 15 is 0 Å². The number of ether oxygens (including phenoxy) is 1. The Morgan fingerprint density at radius 3 is 2.75 bits per heavy atom. The van der Waals surface area contributed by atoms with Crippen LogP contribution in [0.2, 0.25) is 0 Å². The van der Waals surface area contributed by atoms with Gasteiger partial charge < -0.3 is 15.2 Å². The molecule has 1 heterocycles. The van der Waals surface area contributed by atoms with Gasteiger partial charge >= 0.3 is 11.9 Å². The van der Waals surface area contributed by atoms with Crippen LogP contribution in [0.3, 0.4) is 0 Å². The van der Waals surface area contributed by atoms with Gasteiger partial charge in [-0.05, 0) is 6.08 Å². The molecule has 1 aliphatic heterocycles. The van der Waals surface area contributed by atoms with Crippen molar-refractivity contribution in [2.24, 2.45) is 5.73 Å². The Labute approximate surface area is 92.1 Å². The average Bonchev–Trinajstić information content (AvgIpc) is 2.28. The molecule has 16 heavy (non-hydrogen) atoms. The highest BCUT2D eigenvalue weighted by atomic mass is 16.6. The van der Waals surface area contributed by atoms with E-state index < -0.39 is 18.2 Å². The summed E-state index contributed by atoms with van der Waals surface area (Å²) in [6, 6.07) is 0. The normalized spacial score (nSPS) is 16.3. The summed E-state index contributed by atoms with van der Waals surface area (Å²) in [6.07, 6.45) is 3.07. The second-order valence-electron chi connectivity index (χ2n) is 3.09. The highest BCUT2D eigenvalue weighted by Crippen LogP contribution is 2.15. The molecule has 0 aromatic carbocycles. The summed E-state index contributed by atoms with van der Waals surface area (Å²) >= 11 is 0. The van der Waals surface area contributed by atoms with E-state index in [4.69, 9.17) is 15.6 Å². The number of carboxylic acids is 1. The predicted molar refractivity (Wildman–Crippen MR) is 55.8 cm³/mol. The third-order valence-corrected chi connectivity index (χ3v) is 1.91. The van der Waals surface area contributed by atoms with Crippen LogP contribution in [0.5, 0.6) is 0 Å². The molecule has 0 aliphatic carbocycles. The molecule has 0 bridgehead atoms. The molecule has 6 heteroatoms. The number of nitrogens with one attached hydrogen (secondary N) is 1. The lowest BCUT2D eigenvalue weighted by molar-refractivity contribution is -0.142. The molecular formula is C10H12N2O4. The lowest BCUT2D eigenvalue weighted by Crippen LogP contribution is -2.27. The standard InChI is InChI=1S/C10H12N2O4/c1-2-8(11)16-10(15)7-3-6(9(13)14)4-12-5-7/h2,4-5,8,12H,1,3,11H2,(H,13,14). The van der Waals surface area contributed by atoms with Crippen LogP contribution in [-0.2, 0) is 14.3 Å². The SMILES string of the molecule is C=CC(N)OC(=O)C1=CNC=C(C(=O)O)C1. The predicted octanol–water partition coefficient (Wildman–Crippen LogP) is -0.154. The van der Waals surface area contributed by atoms with Crippen molar-refractivity contribution >= 4 is 11.9 Å². The number of carbonyl (C=O) groups is 2. The summed E-state index contributed by atoms with van der Waals surface area (Å²) < 4.78 is 4.76. The van der Waals surface area contributed by atoms with E-state index in [9.17, 15) is 9.59 Å². The molecule has 0 spiro atoms. The Bertz CT molecular complexity index is 384. The van der Waals surface area contributed by atoms with Crippen LogP contribution >= 0.6 is 0 Å². The number of nitrogens with two attached hydrogens (primary N) is 1. The quantitative estimate of drug-likeness (QED) is 0.348. The molecule has 0 saturated heterocycles. The van der Waals surface area contributed by atoms with E-state index in [0.29, 0.717) is 0 Å². The fraction of sp³-hybridized carbons (Fsp3) is 0.200. The number of hydrogen-bond donors (Lipinski definition) is 3. The zero-order valence-corrected chi connectivity index (χ0v) is 8.47. The van der Waals surface area contributed by atoms with Crippen LogP contribution in [0, 0.1) is 0 Å². The topological polar surface area (TPSA) is 102 Å². The van der Waals surface area contributed by atoms with Gasteiger partial charge in [0.1, 0.15) is 0 Å². The first-order valence-electron chi connectivity index (χ1n) is 4.51. The van der Waals surface area contributed by atoms with Crippen molar-refractivity contribution in [1.82, 2.24) is 5.32 Å². The summed E-state index contributed by atoms with van der Waals surface area (Å²) in [7, 11) is 0. The van der Waals surface area contributed by atoms with Crippen LogP contribution in [0.15, 0.2) is 36.2 Å². The van der Waals surface area contributed by atoms with Crippen molar-refractivity contribution < 1.29 is 19.4 Å². The van der Waals surface area contributed by atoms with Crippen LogP contribution in [0.4, 0.5) is 0 Å². The molecule has 0 amide bonds. The summed E-state index contributed by atoms with van der Waals surface area (Å²) in [6.45, 7) is 3.36. The molecule has 1 aliphatic rings.